The van der Waals surface area contributed by atoms with E-state index in [1.54, 1.807) is 36.4 Å². The standard InChI is InChI=1S/C16H12O4S/c17-11-4-6-12(7-5-11)20-9-13-8-10-2-1-3-14(16(18)19)15(10)21-13/h1-8,17H,9H2,(H,18,19). The summed E-state index contributed by atoms with van der Waals surface area (Å²) >= 11 is 1.42. The maximum atomic E-state index is 11.2. The summed E-state index contributed by atoms with van der Waals surface area (Å²) in [7, 11) is 0. The minimum atomic E-state index is -0.923. The van der Waals surface area contributed by atoms with E-state index in [0.717, 1.165) is 15.0 Å². The van der Waals surface area contributed by atoms with E-state index in [-0.39, 0.29) is 5.75 Å². The second kappa shape index (κ2) is 5.46. The minimum absolute atomic E-state index is 0.190. The van der Waals surface area contributed by atoms with Crippen LogP contribution in [0.5, 0.6) is 11.5 Å². The van der Waals surface area contributed by atoms with Crippen molar-refractivity contribution in [2.24, 2.45) is 0 Å². The summed E-state index contributed by atoms with van der Waals surface area (Å²) in [5.74, 6) is -0.0764. The SMILES string of the molecule is O=C(O)c1cccc2cc(COc3ccc(O)cc3)sc12. The maximum Gasteiger partial charge on any atom is 0.337 e. The van der Waals surface area contributed by atoms with Gasteiger partial charge in [0, 0.05) is 9.58 Å². The van der Waals surface area contributed by atoms with E-state index in [0.29, 0.717) is 17.9 Å². The lowest BCUT2D eigenvalue weighted by Crippen LogP contribution is -1.94. The number of benzene rings is 2. The molecular formula is C16H12O4S. The number of aromatic carboxylic acids is 1. The number of aromatic hydroxyl groups is 1. The number of hydrogen-bond acceptors (Lipinski definition) is 4. The average Bonchev–Trinajstić information content (AvgIpc) is 2.89. The summed E-state index contributed by atoms with van der Waals surface area (Å²) < 4.78 is 6.39. The molecule has 0 aliphatic heterocycles. The van der Waals surface area contributed by atoms with Gasteiger partial charge < -0.3 is 14.9 Å². The van der Waals surface area contributed by atoms with Crippen molar-refractivity contribution in [3.63, 3.8) is 0 Å². The van der Waals surface area contributed by atoms with Crippen molar-refractivity contribution in [3.8, 4) is 11.5 Å². The maximum absolute atomic E-state index is 11.2. The number of thiophene rings is 1. The van der Waals surface area contributed by atoms with Crippen LogP contribution in [0.4, 0.5) is 0 Å². The lowest BCUT2D eigenvalue weighted by molar-refractivity contribution is 0.0699. The zero-order chi connectivity index (χ0) is 14.8. The summed E-state index contributed by atoms with van der Waals surface area (Å²) in [6.45, 7) is 0.364. The van der Waals surface area contributed by atoms with Crippen LogP contribution in [0.3, 0.4) is 0 Å². The fourth-order valence-electron chi connectivity index (χ4n) is 2.05. The average molecular weight is 300 g/mol. The Kier molecular flexibility index (Phi) is 3.50. The summed E-state index contributed by atoms with van der Waals surface area (Å²) in [5.41, 5.74) is 0.313. The monoisotopic (exact) mass is 300 g/mol. The van der Waals surface area contributed by atoms with E-state index in [4.69, 9.17) is 4.74 Å². The van der Waals surface area contributed by atoms with E-state index in [1.807, 2.05) is 12.1 Å². The molecule has 2 N–H and O–H groups in total. The van der Waals surface area contributed by atoms with E-state index in [1.165, 1.54) is 11.3 Å². The van der Waals surface area contributed by atoms with Crippen molar-refractivity contribution in [1.82, 2.24) is 0 Å². The molecule has 0 aliphatic carbocycles. The van der Waals surface area contributed by atoms with Crippen LogP contribution in [0.1, 0.15) is 15.2 Å². The highest BCUT2D eigenvalue weighted by Gasteiger charge is 2.11. The third kappa shape index (κ3) is 2.83. The fourth-order valence-corrected chi connectivity index (χ4v) is 3.13. The molecule has 1 heterocycles. The molecule has 0 aliphatic rings. The van der Waals surface area contributed by atoms with E-state index < -0.39 is 5.97 Å². The number of carboxylic acids is 1. The third-order valence-corrected chi connectivity index (χ3v) is 4.20. The van der Waals surface area contributed by atoms with E-state index >= 15 is 0 Å². The molecule has 0 fully saturated rings. The topological polar surface area (TPSA) is 66.8 Å². The zero-order valence-corrected chi connectivity index (χ0v) is 11.8. The Morgan fingerprint density at radius 2 is 1.90 bits per heavy atom. The Balaban J connectivity index is 1.83. The lowest BCUT2D eigenvalue weighted by atomic mass is 10.1. The van der Waals surface area contributed by atoms with Crippen LogP contribution >= 0.6 is 11.3 Å². The number of phenolic OH excluding ortho intramolecular Hbond substituents is 1. The van der Waals surface area contributed by atoms with Gasteiger partial charge in [0.05, 0.1) is 5.56 Å². The van der Waals surface area contributed by atoms with Gasteiger partial charge in [-0.1, -0.05) is 12.1 Å². The number of carbonyl (C=O) groups is 1. The number of rotatable bonds is 4. The fraction of sp³-hybridized carbons (Fsp3) is 0.0625. The van der Waals surface area contributed by atoms with Crippen molar-refractivity contribution in [1.29, 1.82) is 0 Å². The number of ether oxygens (including phenoxy) is 1. The molecule has 1 aromatic heterocycles. The van der Waals surface area contributed by atoms with Crippen LogP contribution in [0.15, 0.2) is 48.5 Å². The van der Waals surface area contributed by atoms with Gasteiger partial charge in [-0.3, -0.25) is 0 Å². The van der Waals surface area contributed by atoms with Gasteiger partial charge in [-0.05, 0) is 41.8 Å². The molecule has 0 amide bonds. The molecule has 3 aromatic rings. The van der Waals surface area contributed by atoms with E-state index in [9.17, 15) is 15.0 Å². The Labute approximate surface area is 124 Å². The van der Waals surface area contributed by atoms with Crippen molar-refractivity contribution < 1.29 is 19.7 Å². The van der Waals surface area contributed by atoms with Crippen molar-refractivity contribution in [2.45, 2.75) is 6.61 Å². The quantitative estimate of drug-likeness (QED) is 0.767. The highest BCUT2D eigenvalue weighted by atomic mass is 32.1. The van der Waals surface area contributed by atoms with Crippen molar-refractivity contribution >= 4 is 27.4 Å². The van der Waals surface area contributed by atoms with Crippen molar-refractivity contribution in [3.05, 3.63) is 59.0 Å². The van der Waals surface area contributed by atoms with Crippen LogP contribution in [-0.2, 0) is 6.61 Å². The van der Waals surface area contributed by atoms with Crippen molar-refractivity contribution in [2.75, 3.05) is 0 Å². The Morgan fingerprint density at radius 3 is 2.62 bits per heavy atom. The first-order valence-corrected chi connectivity index (χ1v) is 7.12. The molecule has 106 valence electrons. The van der Waals surface area contributed by atoms with Gasteiger partial charge >= 0.3 is 5.97 Å². The Morgan fingerprint density at radius 1 is 1.14 bits per heavy atom. The summed E-state index contributed by atoms with van der Waals surface area (Å²) in [6.07, 6.45) is 0. The van der Waals surface area contributed by atoms with Gasteiger partial charge in [-0.25, -0.2) is 4.79 Å². The first-order valence-electron chi connectivity index (χ1n) is 6.30. The predicted octanol–water partition coefficient (Wildman–Crippen LogP) is 3.88. The second-order valence-electron chi connectivity index (χ2n) is 4.52. The number of hydrogen-bond donors (Lipinski definition) is 2. The molecule has 0 unspecified atom stereocenters. The molecule has 0 atom stereocenters. The highest BCUT2D eigenvalue weighted by Crippen LogP contribution is 2.30. The van der Waals surface area contributed by atoms with Gasteiger partial charge in [-0.15, -0.1) is 11.3 Å². The molecule has 2 aromatic carbocycles. The molecule has 21 heavy (non-hydrogen) atoms. The summed E-state index contributed by atoms with van der Waals surface area (Å²) in [5, 5.41) is 19.3. The zero-order valence-electron chi connectivity index (χ0n) is 10.9. The van der Waals surface area contributed by atoms with Crippen LogP contribution in [0.2, 0.25) is 0 Å². The number of fused-ring (bicyclic) bond motifs is 1. The second-order valence-corrected chi connectivity index (χ2v) is 5.66. The summed E-state index contributed by atoms with van der Waals surface area (Å²) in [4.78, 5) is 12.1. The lowest BCUT2D eigenvalue weighted by Gasteiger charge is -2.03. The first-order chi connectivity index (χ1) is 10.1. The van der Waals surface area contributed by atoms with Crippen LogP contribution in [0, 0.1) is 0 Å². The smallest absolute Gasteiger partial charge is 0.337 e. The molecule has 4 nitrogen and oxygen atoms in total. The molecule has 0 saturated heterocycles. The Hall–Kier alpha value is -2.53. The molecule has 3 rings (SSSR count). The molecule has 5 heteroatoms. The molecule has 0 bridgehead atoms. The van der Waals surface area contributed by atoms with Crippen LogP contribution in [-0.4, -0.2) is 16.2 Å². The molecule has 0 spiro atoms. The van der Waals surface area contributed by atoms with Gasteiger partial charge in [0.15, 0.2) is 0 Å². The third-order valence-electron chi connectivity index (χ3n) is 3.04. The molecular weight excluding hydrogens is 288 g/mol. The van der Waals surface area contributed by atoms with E-state index in [2.05, 4.69) is 0 Å². The normalized spacial score (nSPS) is 10.7. The molecule has 0 radical (unpaired) electrons. The van der Waals surface area contributed by atoms with Gasteiger partial charge in [0.25, 0.3) is 0 Å². The van der Waals surface area contributed by atoms with Crippen LogP contribution in [0.25, 0.3) is 10.1 Å². The number of phenols is 1. The minimum Gasteiger partial charge on any atom is -0.508 e. The Bertz CT molecular complexity index is 790. The van der Waals surface area contributed by atoms with Gasteiger partial charge in [0.1, 0.15) is 18.1 Å². The van der Waals surface area contributed by atoms with Crippen LogP contribution < -0.4 is 4.74 Å². The number of carboxylic acid groups (broad SMARTS) is 1. The highest BCUT2D eigenvalue weighted by molar-refractivity contribution is 7.19. The summed E-state index contributed by atoms with van der Waals surface area (Å²) in [6, 6.07) is 13.7. The molecule has 0 saturated carbocycles. The first kappa shape index (κ1) is 13.5. The predicted molar refractivity (Wildman–Crippen MR) is 81.2 cm³/mol. The van der Waals surface area contributed by atoms with Gasteiger partial charge in [-0.2, -0.15) is 0 Å². The largest absolute Gasteiger partial charge is 0.508 e. The van der Waals surface area contributed by atoms with Gasteiger partial charge in [0.2, 0.25) is 0 Å².